The van der Waals surface area contributed by atoms with Crippen molar-refractivity contribution in [3.05, 3.63) is 29.1 Å². The molecule has 0 N–H and O–H groups in total. The second-order valence-electron chi connectivity index (χ2n) is 4.63. The Hall–Kier alpha value is -2.04. The van der Waals surface area contributed by atoms with Crippen LogP contribution in [0.25, 0.3) is 0 Å². The van der Waals surface area contributed by atoms with E-state index in [2.05, 4.69) is 0 Å². The van der Waals surface area contributed by atoms with E-state index in [0.29, 0.717) is 24.1 Å². The predicted octanol–water partition coefficient (Wildman–Crippen LogP) is 2.03. The molecule has 1 aliphatic rings. The van der Waals surface area contributed by atoms with Gasteiger partial charge in [0.05, 0.1) is 17.8 Å². The largest absolute Gasteiger partial charge is 0.299 e. The fourth-order valence-electron chi connectivity index (χ4n) is 2.29. The first-order valence-electron chi connectivity index (χ1n) is 6.13. The number of halogens is 1. The van der Waals surface area contributed by atoms with Gasteiger partial charge in [-0.15, -0.1) is 0 Å². The topological polar surface area (TPSA) is 54.5 Å². The molecule has 0 spiro atoms. The van der Waals surface area contributed by atoms with Gasteiger partial charge in [0.1, 0.15) is 5.82 Å². The zero-order chi connectivity index (χ0) is 14.2. The van der Waals surface area contributed by atoms with E-state index in [0.717, 1.165) is 11.0 Å². The van der Waals surface area contributed by atoms with Crippen LogP contribution in [0.2, 0.25) is 0 Å². The van der Waals surface area contributed by atoms with E-state index in [1.165, 1.54) is 6.07 Å². The van der Waals surface area contributed by atoms with Gasteiger partial charge in [0, 0.05) is 6.42 Å². The highest BCUT2D eigenvalue weighted by Crippen LogP contribution is 2.33. The lowest BCUT2D eigenvalue weighted by Gasteiger charge is -2.17. The molecule has 1 amide bonds. The molecule has 0 aromatic heterocycles. The van der Waals surface area contributed by atoms with Crippen molar-refractivity contribution in [2.75, 3.05) is 11.4 Å². The van der Waals surface area contributed by atoms with Crippen molar-refractivity contribution in [1.29, 1.82) is 0 Å². The maximum atomic E-state index is 13.3. The SMILES string of the molecule is CCCC(=O)CN1C(=O)C(=O)c2cc(F)cc(C)c21. The zero-order valence-corrected chi connectivity index (χ0v) is 10.8. The van der Waals surface area contributed by atoms with E-state index in [1.54, 1.807) is 6.92 Å². The number of carbonyl (C=O) groups is 3. The summed E-state index contributed by atoms with van der Waals surface area (Å²) in [5.74, 6) is -2.17. The van der Waals surface area contributed by atoms with Gasteiger partial charge in [-0.2, -0.15) is 0 Å². The van der Waals surface area contributed by atoms with Crippen LogP contribution in [0.4, 0.5) is 10.1 Å². The van der Waals surface area contributed by atoms with Gasteiger partial charge < -0.3 is 0 Å². The molecule has 0 atom stereocenters. The van der Waals surface area contributed by atoms with E-state index in [4.69, 9.17) is 0 Å². The summed E-state index contributed by atoms with van der Waals surface area (Å²) in [6, 6.07) is 2.30. The van der Waals surface area contributed by atoms with Crippen LogP contribution in [0.15, 0.2) is 12.1 Å². The van der Waals surface area contributed by atoms with Crippen molar-refractivity contribution in [2.45, 2.75) is 26.7 Å². The molecule has 0 unspecified atom stereocenters. The molecule has 0 radical (unpaired) electrons. The second kappa shape index (κ2) is 4.91. The summed E-state index contributed by atoms with van der Waals surface area (Å²) < 4.78 is 13.3. The lowest BCUT2D eigenvalue weighted by molar-refractivity contribution is -0.120. The average Bonchev–Trinajstić information content (AvgIpc) is 2.55. The maximum absolute atomic E-state index is 13.3. The van der Waals surface area contributed by atoms with Crippen molar-refractivity contribution in [3.8, 4) is 0 Å². The highest BCUT2D eigenvalue weighted by molar-refractivity contribution is 6.52. The molecule has 1 aliphatic heterocycles. The van der Waals surface area contributed by atoms with Crippen LogP contribution >= 0.6 is 0 Å². The molecule has 1 aromatic rings. The minimum Gasteiger partial charge on any atom is -0.298 e. The Balaban J connectivity index is 2.41. The monoisotopic (exact) mass is 263 g/mol. The fourth-order valence-corrected chi connectivity index (χ4v) is 2.29. The van der Waals surface area contributed by atoms with Gasteiger partial charge in [0.15, 0.2) is 5.78 Å². The number of Topliss-reactive ketones (excluding diaryl/α,β-unsaturated/α-hetero) is 2. The molecule has 4 nitrogen and oxygen atoms in total. The molecule has 2 rings (SSSR count). The number of hydrogen-bond donors (Lipinski definition) is 0. The summed E-state index contributed by atoms with van der Waals surface area (Å²) >= 11 is 0. The minimum absolute atomic E-state index is 0.0480. The fraction of sp³-hybridized carbons (Fsp3) is 0.357. The molecule has 0 saturated carbocycles. The Morgan fingerprint density at radius 2 is 2.00 bits per heavy atom. The van der Waals surface area contributed by atoms with Gasteiger partial charge in [-0.25, -0.2) is 4.39 Å². The number of amides is 1. The summed E-state index contributed by atoms with van der Waals surface area (Å²) in [5, 5.41) is 0. The molecule has 0 aliphatic carbocycles. The van der Waals surface area contributed by atoms with Gasteiger partial charge in [0.2, 0.25) is 0 Å². The number of aryl methyl sites for hydroxylation is 1. The third-order valence-electron chi connectivity index (χ3n) is 3.08. The molecule has 0 fully saturated rings. The molecule has 1 heterocycles. The van der Waals surface area contributed by atoms with E-state index >= 15 is 0 Å². The van der Waals surface area contributed by atoms with Crippen LogP contribution in [-0.2, 0) is 9.59 Å². The molecule has 19 heavy (non-hydrogen) atoms. The third-order valence-corrected chi connectivity index (χ3v) is 3.08. The van der Waals surface area contributed by atoms with E-state index in [1.807, 2.05) is 6.92 Å². The van der Waals surface area contributed by atoms with Crippen LogP contribution in [-0.4, -0.2) is 24.0 Å². The maximum Gasteiger partial charge on any atom is 0.299 e. The van der Waals surface area contributed by atoms with Gasteiger partial charge in [-0.05, 0) is 31.0 Å². The van der Waals surface area contributed by atoms with Gasteiger partial charge in [0.25, 0.3) is 11.7 Å². The van der Waals surface area contributed by atoms with Gasteiger partial charge in [-0.1, -0.05) is 6.92 Å². The highest BCUT2D eigenvalue weighted by Gasteiger charge is 2.38. The van der Waals surface area contributed by atoms with Crippen molar-refractivity contribution < 1.29 is 18.8 Å². The Kier molecular flexibility index (Phi) is 3.46. The van der Waals surface area contributed by atoms with E-state index in [9.17, 15) is 18.8 Å². The molecular formula is C14H14FNO3. The molecule has 0 bridgehead atoms. The normalized spacial score (nSPS) is 13.9. The lowest BCUT2D eigenvalue weighted by Crippen LogP contribution is -2.34. The molecule has 5 heteroatoms. The van der Waals surface area contributed by atoms with Gasteiger partial charge in [-0.3, -0.25) is 19.3 Å². The Labute approximate surface area is 110 Å². The minimum atomic E-state index is -0.756. The number of fused-ring (bicyclic) bond motifs is 1. The standard InChI is InChI=1S/C14H14FNO3/c1-3-4-10(17)7-16-12-8(2)5-9(15)6-11(12)13(18)14(16)19/h5-6H,3-4,7H2,1-2H3. The van der Waals surface area contributed by atoms with E-state index in [-0.39, 0.29) is 17.9 Å². The van der Waals surface area contributed by atoms with Crippen molar-refractivity contribution >= 4 is 23.2 Å². The lowest BCUT2D eigenvalue weighted by atomic mass is 10.1. The van der Waals surface area contributed by atoms with Crippen LogP contribution in [0.1, 0.15) is 35.7 Å². The quantitative estimate of drug-likeness (QED) is 0.781. The van der Waals surface area contributed by atoms with E-state index < -0.39 is 17.5 Å². The first kappa shape index (κ1) is 13.4. The smallest absolute Gasteiger partial charge is 0.298 e. The molecule has 100 valence electrons. The summed E-state index contributed by atoms with van der Waals surface area (Å²) in [4.78, 5) is 36.5. The summed E-state index contributed by atoms with van der Waals surface area (Å²) in [6.07, 6.45) is 1.04. The van der Waals surface area contributed by atoms with Crippen LogP contribution in [0, 0.1) is 12.7 Å². The number of benzene rings is 1. The van der Waals surface area contributed by atoms with Crippen molar-refractivity contribution in [3.63, 3.8) is 0 Å². The zero-order valence-electron chi connectivity index (χ0n) is 10.8. The Morgan fingerprint density at radius 1 is 1.32 bits per heavy atom. The summed E-state index contributed by atoms with van der Waals surface area (Å²) in [7, 11) is 0. The van der Waals surface area contributed by atoms with Crippen LogP contribution < -0.4 is 4.90 Å². The number of hydrogen-bond acceptors (Lipinski definition) is 3. The number of carbonyl (C=O) groups excluding carboxylic acids is 3. The van der Waals surface area contributed by atoms with Gasteiger partial charge >= 0.3 is 0 Å². The first-order valence-corrected chi connectivity index (χ1v) is 6.13. The highest BCUT2D eigenvalue weighted by atomic mass is 19.1. The van der Waals surface area contributed by atoms with Crippen molar-refractivity contribution in [2.24, 2.45) is 0 Å². The van der Waals surface area contributed by atoms with Crippen molar-refractivity contribution in [1.82, 2.24) is 0 Å². The van der Waals surface area contributed by atoms with Crippen LogP contribution in [0.3, 0.4) is 0 Å². The first-order chi connectivity index (χ1) is 8.95. The molecule has 0 saturated heterocycles. The number of rotatable bonds is 4. The Morgan fingerprint density at radius 3 is 2.63 bits per heavy atom. The summed E-state index contributed by atoms with van der Waals surface area (Å²) in [6.45, 7) is 3.35. The second-order valence-corrected chi connectivity index (χ2v) is 4.63. The third kappa shape index (κ3) is 2.28. The number of nitrogens with zero attached hydrogens (tertiary/aromatic N) is 1. The molecular weight excluding hydrogens is 249 g/mol. The Bertz CT molecular complexity index is 580. The molecule has 1 aromatic carbocycles. The van der Waals surface area contributed by atoms with Crippen LogP contribution in [0.5, 0.6) is 0 Å². The number of ketones is 2. The average molecular weight is 263 g/mol. The number of anilines is 1. The summed E-state index contributed by atoms with van der Waals surface area (Å²) in [5.41, 5.74) is 0.895. The predicted molar refractivity (Wildman–Crippen MR) is 67.7 cm³/mol.